The first kappa shape index (κ1) is 18.2. The standard InChI is InChI=1S/C20H16O7/c1-11(21)26-14-5-6-15-18(9-14)25-10-16(20(15)23)13-4-7-17(27-12(2)22)19(8-13)24-3/h4-10H,1-3H3. The van der Waals surface area contributed by atoms with Gasteiger partial charge in [0.1, 0.15) is 17.6 Å². The van der Waals surface area contributed by atoms with Crippen LogP contribution in [0.2, 0.25) is 0 Å². The van der Waals surface area contributed by atoms with Crippen LogP contribution in [-0.4, -0.2) is 19.0 Å². The number of benzene rings is 2. The van der Waals surface area contributed by atoms with E-state index in [2.05, 4.69) is 0 Å². The Hall–Kier alpha value is -3.61. The molecule has 0 spiro atoms. The molecule has 7 heteroatoms. The molecule has 138 valence electrons. The molecular weight excluding hydrogens is 352 g/mol. The molecule has 1 aromatic heterocycles. The Balaban J connectivity index is 2.06. The van der Waals surface area contributed by atoms with E-state index in [-0.39, 0.29) is 11.2 Å². The summed E-state index contributed by atoms with van der Waals surface area (Å²) in [5.74, 6) is -0.0845. The summed E-state index contributed by atoms with van der Waals surface area (Å²) < 4.78 is 20.8. The Labute approximate surface area is 154 Å². The Morgan fingerprint density at radius 1 is 0.926 bits per heavy atom. The highest BCUT2D eigenvalue weighted by Gasteiger charge is 2.14. The molecule has 0 aliphatic carbocycles. The van der Waals surface area contributed by atoms with Crippen LogP contribution < -0.4 is 19.6 Å². The molecule has 1 heterocycles. The fraction of sp³-hybridized carbons (Fsp3) is 0.150. The van der Waals surface area contributed by atoms with Gasteiger partial charge < -0.3 is 18.6 Å². The number of methoxy groups -OCH3 is 1. The lowest BCUT2D eigenvalue weighted by atomic mass is 10.0. The molecule has 0 amide bonds. The van der Waals surface area contributed by atoms with E-state index in [9.17, 15) is 14.4 Å². The zero-order valence-corrected chi connectivity index (χ0v) is 14.9. The van der Waals surface area contributed by atoms with Crippen molar-refractivity contribution in [3.63, 3.8) is 0 Å². The first-order valence-corrected chi connectivity index (χ1v) is 8.00. The average Bonchev–Trinajstić information content (AvgIpc) is 2.61. The molecular formula is C20H16O7. The Kier molecular flexibility index (Phi) is 4.94. The Bertz CT molecular complexity index is 1100. The molecule has 0 saturated carbocycles. The van der Waals surface area contributed by atoms with E-state index >= 15 is 0 Å². The summed E-state index contributed by atoms with van der Waals surface area (Å²) in [6.07, 6.45) is 1.32. The quantitative estimate of drug-likeness (QED) is 0.515. The summed E-state index contributed by atoms with van der Waals surface area (Å²) in [4.78, 5) is 35.0. The van der Waals surface area contributed by atoms with Crippen molar-refractivity contribution < 1.29 is 28.2 Å². The van der Waals surface area contributed by atoms with Crippen molar-refractivity contribution in [1.29, 1.82) is 0 Å². The van der Waals surface area contributed by atoms with Crippen LogP contribution in [0, 0.1) is 0 Å². The lowest BCUT2D eigenvalue weighted by molar-refractivity contribution is -0.132. The second-order valence-corrected chi connectivity index (χ2v) is 5.69. The normalized spacial score (nSPS) is 10.5. The molecule has 0 bridgehead atoms. The largest absolute Gasteiger partial charge is 0.493 e. The van der Waals surface area contributed by atoms with Gasteiger partial charge in [-0.3, -0.25) is 14.4 Å². The number of esters is 2. The first-order chi connectivity index (χ1) is 12.9. The van der Waals surface area contributed by atoms with Crippen LogP contribution in [0.15, 0.2) is 51.9 Å². The van der Waals surface area contributed by atoms with Gasteiger partial charge in [-0.2, -0.15) is 0 Å². The summed E-state index contributed by atoms with van der Waals surface area (Å²) in [6.45, 7) is 2.58. The van der Waals surface area contributed by atoms with Crippen LogP contribution >= 0.6 is 0 Å². The first-order valence-electron chi connectivity index (χ1n) is 8.00. The Morgan fingerprint density at radius 3 is 2.33 bits per heavy atom. The maximum atomic E-state index is 12.8. The summed E-state index contributed by atoms with van der Waals surface area (Å²) in [6, 6.07) is 9.30. The zero-order chi connectivity index (χ0) is 19.6. The van der Waals surface area contributed by atoms with Gasteiger partial charge in [-0.05, 0) is 29.8 Å². The van der Waals surface area contributed by atoms with Crippen LogP contribution in [0.4, 0.5) is 0 Å². The maximum Gasteiger partial charge on any atom is 0.308 e. The van der Waals surface area contributed by atoms with Gasteiger partial charge in [-0.1, -0.05) is 6.07 Å². The van der Waals surface area contributed by atoms with Gasteiger partial charge in [0.2, 0.25) is 0 Å². The van der Waals surface area contributed by atoms with Crippen molar-refractivity contribution >= 4 is 22.9 Å². The van der Waals surface area contributed by atoms with Gasteiger partial charge >= 0.3 is 11.9 Å². The number of rotatable bonds is 4. The van der Waals surface area contributed by atoms with Crippen LogP contribution in [0.25, 0.3) is 22.1 Å². The molecule has 7 nitrogen and oxygen atoms in total. The fourth-order valence-electron chi connectivity index (χ4n) is 2.61. The lowest BCUT2D eigenvalue weighted by Crippen LogP contribution is -2.07. The molecule has 0 fully saturated rings. The predicted octanol–water partition coefficient (Wildman–Crippen LogP) is 3.32. The van der Waals surface area contributed by atoms with E-state index in [0.717, 1.165) is 0 Å². The Morgan fingerprint density at radius 2 is 1.67 bits per heavy atom. The highest BCUT2D eigenvalue weighted by atomic mass is 16.6. The molecule has 0 saturated heterocycles. The third kappa shape index (κ3) is 3.82. The topological polar surface area (TPSA) is 92.0 Å². The highest BCUT2D eigenvalue weighted by molar-refractivity contribution is 5.84. The van der Waals surface area contributed by atoms with Crippen molar-refractivity contribution in [2.24, 2.45) is 0 Å². The van der Waals surface area contributed by atoms with Crippen LogP contribution in [0.3, 0.4) is 0 Å². The van der Waals surface area contributed by atoms with E-state index in [1.807, 2.05) is 0 Å². The number of hydrogen-bond acceptors (Lipinski definition) is 7. The van der Waals surface area contributed by atoms with E-state index in [1.165, 1.54) is 45.4 Å². The van der Waals surface area contributed by atoms with Gasteiger partial charge in [0, 0.05) is 19.9 Å². The molecule has 3 aromatic rings. The van der Waals surface area contributed by atoms with Crippen molar-refractivity contribution in [3.8, 4) is 28.4 Å². The average molecular weight is 368 g/mol. The molecule has 27 heavy (non-hydrogen) atoms. The van der Waals surface area contributed by atoms with Crippen LogP contribution in [-0.2, 0) is 9.59 Å². The van der Waals surface area contributed by atoms with Gasteiger partial charge in [-0.15, -0.1) is 0 Å². The van der Waals surface area contributed by atoms with Crippen molar-refractivity contribution in [3.05, 3.63) is 52.9 Å². The maximum absolute atomic E-state index is 12.8. The van der Waals surface area contributed by atoms with E-state index in [0.29, 0.717) is 33.6 Å². The minimum Gasteiger partial charge on any atom is -0.493 e. The predicted molar refractivity (Wildman–Crippen MR) is 97.1 cm³/mol. The van der Waals surface area contributed by atoms with Gasteiger partial charge in [-0.25, -0.2) is 0 Å². The van der Waals surface area contributed by atoms with Gasteiger partial charge in [0.25, 0.3) is 0 Å². The fourth-order valence-corrected chi connectivity index (χ4v) is 2.61. The third-order valence-electron chi connectivity index (χ3n) is 3.74. The highest BCUT2D eigenvalue weighted by Crippen LogP contribution is 2.32. The number of carbonyl (C=O) groups excluding carboxylic acids is 2. The van der Waals surface area contributed by atoms with Gasteiger partial charge in [0.05, 0.1) is 18.1 Å². The molecule has 2 aromatic carbocycles. The summed E-state index contributed by atoms with van der Waals surface area (Å²) in [5.41, 5.74) is 0.900. The second kappa shape index (κ2) is 7.33. The molecule has 0 unspecified atom stereocenters. The molecule has 0 aliphatic rings. The summed E-state index contributed by atoms with van der Waals surface area (Å²) in [7, 11) is 1.44. The number of carbonyl (C=O) groups is 2. The molecule has 0 radical (unpaired) electrons. The van der Waals surface area contributed by atoms with E-state index < -0.39 is 11.9 Å². The molecule has 3 rings (SSSR count). The smallest absolute Gasteiger partial charge is 0.308 e. The van der Waals surface area contributed by atoms with Crippen LogP contribution in [0.1, 0.15) is 13.8 Å². The van der Waals surface area contributed by atoms with Crippen molar-refractivity contribution in [2.75, 3.05) is 7.11 Å². The van der Waals surface area contributed by atoms with Crippen LogP contribution in [0.5, 0.6) is 17.2 Å². The monoisotopic (exact) mass is 368 g/mol. The summed E-state index contributed by atoms with van der Waals surface area (Å²) >= 11 is 0. The van der Waals surface area contributed by atoms with Crippen molar-refractivity contribution in [2.45, 2.75) is 13.8 Å². The SMILES string of the molecule is COc1cc(-c2coc3cc(OC(C)=O)ccc3c2=O)ccc1OC(C)=O. The number of hydrogen-bond donors (Lipinski definition) is 0. The molecule has 0 N–H and O–H groups in total. The number of ether oxygens (including phenoxy) is 3. The van der Waals surface area contributed by atoms with E-state index in [4.69, 9.17) is 18.6 Å². The van der Waals surface area contributed by atoms with E-state index in [1.54, 1.807) is 18.2 Å². The minimum atomic E-state index is -0.477. The minimum absolute atomic E-state index is 0.255. The second-order valence-electron chi connectivity index (χ2n) is 5.69. The van der Waals surface area contributed by atoms with Gasteiger partial charge in [0.15, 0.2) is 16.9 Å². The summed E-state index contributed by atoms with van der Waals surface area (Å²) in [5, 5.41) is 0.339. The molecule has 0 aliphatic heterocycles. The zero-order valence-electron chi connectivity index (χ0n) is 14.9. The number of fused-ring (bicyclic) bond motifs is 1. The third-order valence-corrected chi connectivity index (χ3v) is 3.74. The lowest BCUT2D eigenvalue weighted by Gasteiger charge is -2.10. The van der Waals surface area contributed by atoms with Crippen molar-refractivity contribution in [1.82, 2.24) is 0 Å². The molecule has 0 atom stereocenters.